The van der Waals surface area contributed by atoms with Crippen LogP contribution in [0.5, 0.6) is 0 Å². The Balaban J connectivity index is 1.67. The van der Waals surface area contributed by atoms with E-state index in [0.717, 1.165) is 0 Å². The summed E-state index contributed by atoms with van der Waals surface area (Å²) in [4.78, 5) is 25.5. The molecule has 190 valence electrons. The molecule has 2 heterocycles. The van der Waals surface area contributed by atoms with Crippen molar-refractivity contribution in [2.75, 3.05) is 26.3 Å². The molecule has 0 fully saturated rings. The Hall–Kier alpha value is -3.40. The summed E-state index contributed by atoms with van der Waals surface area (Å²) in [6.45, 7) is -0.992. The fraction of sp³-hybridized carbons (Fsp3) is 0.182. The number of sulfonamides is 2. The quantitative estimate of drug-likeness (QED) is 0.215. The minimum Gasteiger partial charge on any atom is -0.395 e. The largest absolute Gasteiger partial charge is 0.395 e. The molecule has 0 aliphatic carbocycles. The van der Waals surface area contributed by atoms with Gasteiger partial charge in [0.1, 0.15) is 0 Å². The molecule has 4 rings (SSSR count). The van der Waals surface area contributed by atoms with Crippen molar-refractivity contribution < 1.29 is 36.6 Å². The van der Waals surface area contributed by atoms with Gasteiger partial charge in [-0.15, -0.1) is 0 Å². The van der Waals surface area contributed by atoms with Gasteiger partial charge in [-0.1, -0.05) is 24.3 Å². The Morgan fingerprint density at radius 3 is 1.25 bits per heavy atom. The molecule has 6 N–H and O–H groups in total. The van der Waals surface area contributed by atoms with Gasteiger partial charge in [0.2, 0.25) is 20.0 Å². The minimum atomic E-state index is -3.83. The van der Waals surface area contributed by atoms with E-state index < -0.39 is 31.9 Å². The predicted molar refractivity (Wildman–Crippen MR) is 128 cm³/mol. The Bertz CT molecular complexity index is 1380. The second-order valence-corrected chi connectivity index (χ2v) is 11.2. The van der Waals surface area contributed by atoms with E-state index in [2.05, 4.69) is 20.1 Å². The molecular weight excluding hydrogens is 512 g/mol. The van der Waals surface area contributed by atoms with Crippen molar-refractivity contribution in [3.63, 3.8) is 0 Å². The highest BCUT2D eigenvalue weighted by Crippen LogP contribution is 2.37. The van der Waals surface area contributed by atoms with E-state index in [0.29, 0.717) is 11.1 Å². The molecular formula is C22H22N4O8S2. The number of rotatable bonds is 10. The summed E-state index contributed by atoms with van der Waals surface area (Å²) in [5.74, 6) is -1.09. The van der Waals surface area contributed by atoms with Gasteiger partial charge in [-0.05, 0) is 35.4 Å². The van der Waals surface area contributed by atoms with E-state index in [1.165, 1.54) is 48.5 Å². The van der Waals surface area contributed by atoms with Crippen molar-refractivity contribution in [3.8, 4) is 0 Å². The molecule has 0 saturated heterocycles. The number of hydrogen-bond acceptors (Lipinski definition) is 8. The normalized spacial score (nSPS) is 15.8. The van der Waals surface area contributed by atoms with Gasteiger partial charge in [0.05, 0.1) is 45.5 Å². The number of carbonyl (C=O) groups excluding carboxylic acids is 2. The van der Waals surface area contributed by atoms with Crippen LogP contribution in [-0.4, -0.2) is 65.2 Å². The van der Waals surface area contributed by atoms with Gasteiger partial charge in [0, 0.05) is 13.1 Å². The monoisotopic (exact) mass is 534 g/mol. The maximum absolute atomic E-state index is 12.8. The van der Waals surface area contributed by atoms with Crippen LogP contribution in [0.2, 0.25) is 0 Å². The molecule has 2 aliphatic rings. The van der Waals surface area contributed by atoms with E-state index >= 15 is 0 Å². The molecule has 2 aromatic carbocycles. The molecule has 0 aromatic heterocycles. The maximum atomic E-state index is 12.8. The number of carbonyl (C=O) groups is 2. The average molecular weight is 535 g/mol. The van der Waals surface area contributed by atoms with E-state index in [9.17, 15) is 26.4 Å². The van der Waals surface area contributed by atoms with Crippen LogP contribution >= 0.6 is 0 Å². The number of aliphatic hydroxyl groups excluding tert-OH is 2. The third kappa shape index (κ3) is 4.82. The lowest BCUT2D eigenvalue weighted by Gasteiger charge is -2.10. The zero-order chi connectivity index (χ0) is 26.1. The van der Waals surface area contributed by atoms with Crippen molar-refractivity contribution in [1.82, 2.24) is 20.1 Å². The molecule has 2 aliphatic heterocycles. The van der Waals surface area contributed by atoms with Gasteiger partial charge in [-0.3, -0.25) is 9.59 Å². The minimum absolute atomic E-state index is 0.0505. The van der Waals surface area contributed by atoms with Crippen molar-refractivity contribution in [1.29, 1.82) is 0 Å². The number of aliphatic hydroxyl groups is 2. The Kier molecular flexibility index (Phi) is 7.08. The smallest absolute Gasteiger partial charge is 0.258 e. The first kappa shape index (κ1) is 25.7. The van der Waals surface area contributed by atoms with Gasteiger partial charge < -0.3 is 20.8 Å². The predicted octanol–water partition coefficient (Wildman–Crippen LogP) is -1.39. The molecule has 0 saturated carbocycles. The molecule has 12 nitrogen and oxygen atoms in total. The number of hydrogen-bond donors (Lipinski definition) is 6. The van der Waals surface area contributed by atoms with Crippen LogP contribution < -0.4 is 20.1 Å². The van der Waals surface area contributed by atoms with Crippen LogP contribution in [0.4, 0.5) is 0 Å². The van der Waals surface area contributed by atoms with Crippen LogP contribution in [0.15, 0.2) is 69.5 Å². The second kappa shape index (κ2) is 9.93. The van der Waals surface area contributed by atoms with Crippen LogP contribution in [0.1, 0.15) is 11.1 Å². The standard InChI is InChI=1S/C22H22N4O8S2/c27-11-9-23-35(31,32)15-5-1-13(2-6-15)19-17-18(22(30)25-19)20(26-21(17)29)14-3-7-16(8-4-14)36(33,34)24-10-12-28/h1-8,23-24,27-28H,9-12H2,(H,25,30)(H,26,29). The SMILES string of the molecule is O=C1NC(c2ccc(S(=O)(=O)NCCO)cc2)=C2C(=O)NC(c3ccc(S(=O)(=O)NCCO)cc3)=C12. The topological polar surface area (TPSA) is 191 Å². The molecule has 0 atom stereocenters. The lowest BCUT2D eigenvalue weighted by molar-refractivity contribution is -0.117. The third-order valence-corrected chi connectivity index (χ3v) is 8.35. The molecule has 0 unspecified atom stereocenters. The highest BCUT2D eigenvalue weighted by Gasteiger charge is 2.40. The summed E-state index contributed by atoms with van der Waals surface area (Å²) in [5, 5.41) is 23.0. The Morgan fingerprint density at radius 1 is 0.611 bits per heavy atom. The Labute approximate surface area is 206 Å². The first-order valence-corrected chi connectivity index (χ1v) is 13.6. The van der Waals surface area contributed by atoms with E-state index in [-0.39, 0.29) is 58.6 Å². The molecule has 2 aromatic rings. The fourth-order valence-corrected chi connectivity index (χ4v) is 5.78. The summed E-state index contributed by atoms with van der Waals surface area (Å²) >= 11 is 0. The second-order valence-electron chi connectivity index (χ2n) is 7.70. The summed E-state index contributed by atoms with van der Waals surface area (Å²) in [5.41, 5.74) is 1.41. The number of benzene rings is 2. The van der Waals surface area contributed by atoms with Crippen LogP contribution in [0, 0.1) is 0 Å². The van der Waals surface area contributed by atoms with Gasteiger partial charge in [0.25, 0.3) is 11.8 Å². The zero-order valence-electron chi connectivity index (χ0n) is 18.6. The summed E-state index contributed by atoms with van der Waals surface area (Å²) in [7, 11) is -7.66. The van der Waals surface area contributed by atoms with Crippen molar-refractivity contribution in [3.05, 3.63) is 70.8 Å². The van der Waals surface area contributed by atoms with Crippen LogP contribution in [-0.2, 0) is 29.6 Å². The van der Waals surface area contributed by atoms with E-state index in [4.69, 9.17) is 10.2 Å². The molecule has 0 radical (unpaired) electrons. The van der Waals surface area contributed by atoms with Gasteiger partial charge in [0.15, 0.2) is 0 Å². The molecule has 36 heavy (non-hydrogen) atoms. The van der Waals surface area contributed by atoms with Crippen molar-refractivity contribution >= 4 is 43.3 Å². The van der Waals surface area contributed by atoms with Crippen LogP contribution in [0.25, 0.3) is 11.4 Å². The van der Waals surface area contributed by atoms with Crippen molar-refractivity contribution in [2.24, 2.45) is 0 Å². The van der Waals surface area contributed by atoms with Gasteiger partial charge in [-0.25, -0.2) is 26.3 Å². The number of amides is 2. The highest BCUT2D eigenvalue weighted by atomic mass is 32.2. The van der Waals surface area contributed by atoms with Gasteiger partial charge >= 0.3 is 0 Å². The summed E-state index contributed by atoms with van der Waals surface area (Å²) < 4.78 is 53.3. The number of nitrogens with one attached hydrogen (secondary N) is 4. The highest BCUT2D eigenvalue weighted by molar-refractivity contribution is 7.89. The summed E-state index contributed by atoms with van der Waals surface area (Å²) in [6.07, 6.45) is 0. The lowest BCUT2D eigenvalue weighted by Crippen LogP contribution is -2.26. The van der Waals surface area contributed by atoms with Gasteiger partial charge in [-0.2, -0.15) is 0 Å². The Morgan fingerprint density at radius 2 is 0.944 bits per heavy atom. The van der Waals surface area contributed by atoms with Crippen molar-refractivity contribution in [2.45, 2.75) is 9.79 Å². The summed E-state index contributed by atoms with van der Waals surface area (Å²) in [6, 6.07) is 11.0. The van der Waals surface area contributed by atoms with Crippen LogP contribution in [0.3, 0.4) is 0 Å². The first-order chi connectivity index (χ1) is 17.1. The molecule has 14 heteroatoms. The first-order valence-electron chi connectivity index (χ1n) is 10.6. The number of fused-ring (bicyclic) bond motifs is 1. The molecule has 2 amide bonds. The molecule has 0 spiro atoms. The zero-order valence-corrected chi connectivity index (χ0v) is 20.2. The maximum Gasteiger partial charge on any atom is 0.258 e. The molecule has 0 bridgehead atoms. The fourth-order valence-electron chi connectivity index (χ4n) is 3.74. The average Bonchev–Trinajstić information content (AvgIpc) is 3.39. The van der Waals surface area contributed by atoms with E-state index in [1.807, 2.05) is 0 Å². The third-order valence-electron chi connectivity index (χ3n) is 5.40. The lowest BCUT2D eigenvalue weighted by atomic mass is 10.0. The van der Waals surface area contributed by atoms with E-state index in [1.54, 1.807) is 0 Å².